The Morgan fingerprint density at radius 2 is 2.04 bits per heavy atom. The van der Waals surface area contributed by atoms with E-state index in [1.54, 1.807) is 25.3 Å². The quantitative estimate of drug-likeness (QED) is 0.329. The highest BCUT2D eigenvalue weighted by atomic mass is 32.1. The van der Waals surface area contributed by atoms with Crippen LogP contribution in [0.5, 0.6) is 11.5 Å². The Morgan fingerprint density at radius 3 is 2.62 bits per heavy atom. The Hall–Kier alpha value is -3.10. The van der Waals surface area contributed by atoms with E-state index in [9.17, 15) is 0 Å². The van der Waals surface area contributed by atoms with Crippen LogP contribution in [-0.2, 0) is 13.0 Å². The normalized spacial score (nSPS) is 10.7. The maximum atomic E-state index is 9.16. The Kier molecular flexibility index (Phi) is 6.95. The first-order valence-corrected chi connectivity index (χ1v) is 8.40. The van der Waals surface area contributed by atoms with Gasteiger partial charge in [-0.3, -0.25) is 0 Å². The van der Waals surface area contributed by atoms with E-state index in [2.05, 4.69) is 6.58 Å². The Labute approximate surface area is 159 Å². The van der Waals surface area contributed by atoms with Crippen LogP contribution >= 0.6 is 12.2 Å². The lowest BCUT2D eigenvalue weighted by Crippen LogP contribution is -2.09. The van der Waals surface area contributed by atoms with Crippen molar-refractivity contribution in [2.24, 2.45) is 5.73 Å². The van der Waals surface area contributed by atoms with Crippen LogP contribution in [0.25, 0.3) is 6.08 Å². The van der Waals surface area contributed by atoms with E-state index in [4.69, 9.17) is 32.7 Å². The predicted molar refractivity (Wildman–Crippen MR) is 108 cm³/mol. The van der Waals surface area contributed by atoms with Gasteiger partial charge in [-0.25, -0.2) is 0 Å². The van der Waals surface area contributed by atoms with Gasteiger partial charge >= 0.3 is 0 Å². The lowest BCUT2D eigenvalue weighted by molar-refractivity contribution is 0.282. The number of allylic oxidation sites excluding steroid dienone is 1. The van der Waals surface area contributed by atoms with Crippen molar-refractivity contribution in [1.82, 2.24) is 0 Å². The molecular formula is C21H20N2O2S. The van der Waals surface area contributed by atoms with E-state index in [0.29, 0.717) is 24.5 Å². The molecule has 2 N–H and O–H groups in total. The second kappa shape index (κ2) is 9.40. The zero-order valence-corrected chi connectivity index (χ0v) is 15.4. The average Bonchev–Trinajstić information content (AvgIpc) is 2.65. The van der Waals surface area contributed by atoms with Gasteiger partial charge in [0.1, 0.15) is 17.7 Å². The van der Waals surface area contributed by atoms with Crippen LogP contribution in [-0.4, -0.2) is 12.1 Å². The van der Waals surface area contributed by atoms with Crippen molar-refractivity contribution in [3.05, 3.63) is 77.4 Å². The molecule has 2 aromatic rings. The SMILES string of the molecule is C=CCc1cc(/C=C(/C#N)C(N)=S)cc(OC)c1OCc1ccccc1. The molecule has 2 rings (SSSR count). The smallest absolute Gasteiger partial charge is 0.165 e. The summed E-state index contributed by atoms with van der Waals surface area (Å²) in [5.41, 5.74) is 8.54. The summed E-state index contributed by atoms with van der Waals surface area (Å²) < 4.78 is 11.5. The molecule has 0 radical (unpaired) electrons. The lowest BCUT2D eigenvalue weighted by Gasteiger charge is -2.16. The molecule has 132 valence electrons. The molecule has 0 saturated heterocycles. The minimum Gasteiger partial charge on any atom is -0.493 e. The van der Waals surface area contributed by atoms with Crippen molar-refractivity contribution in [3.8, 4) is 17.6 Å². The standard InChI is InChI=1S/C21H20N2O2S/c1-3-7-17-10-16(11-18(13-22)21(23)26)12-19(24-2)20(17)25-14-15-8-5-4-6-9-15/h3-6,8-12H,1,7,14H2,2H3,(H2,23,26)/b18-11-. The van der Waals surface area contributed by atoms with Crippen LogP contribution in [0.1, 0.15) is 16.7 Å². The number of hydrogen-bond donors (Lipinski definition) is 1. The summed E-state index contributed by atoms with van der Waals surface area (Å²) in [6.07, 6.45) is 4.02. The molecule has 0 heterocycles. The van der Waals surface area contributed by atoms with Crippen LogP contribution < -0.4 is 15.2 Å². The number of hydrogen-bond acceptors (Lipinski definition) is 4. The molecule has 0 aliphatic rings. The first kappa shape index (κ1) is 19.2. The molecule has 5 heteroatoms. The molecule has 26 heavy (non-hydrogen) atoms. The molecule has 0 bridgehead atoms. The first-order valence-electron chi connectivity index (χ1n) is 7.99. The van der Waals surface area contributed by atoms with Crippen molar-refractivity contribution in [1.29, 1.82) is 5.26 Å². The van der Waals surface area contributed by atoms with Crippen LogP contribution in [0, 0.1) is 11.3 Å². The third kappa shape index (κ3) is 4.95. The average molecular weight is 364 g/mol. The molecule has 0 aliphatic heterocycles. The number of ether oxygens (including phenoxy) is 2. The number of nitrogens with two attached hydrogens (primary N) is 1. The fourth-order valence-electron chi connectivity index (χ4n) is 2.44. The van der Waals surface area contributed by atoms with E-state index in [1.807, 2.05) is 42.5 Å². The molecule has 0 unspecified atom stereocenters. The first-order chi connectivity index (χ1) is 12.6. The molecule has 0 aromatic heterocycles. The van der Waals surface area contributed by atoms with Crippen molar-refractivity contribution in [3.63, 3.8) is 0 Å². The van der Waals surface area contributed by atoms with E-state index in [-0.39, 0.29) is 10.6 Å². The molecule has 0 amide bonds. The van der Waals surface area contributed by atoms with Crippen molar-refractivity contribution in [2.75, 3.05) is 7.11 Å². The predicted octanol–water partition coefficient (Wildman–Crippen LogP) is 4.20. The van der Waals surface area contributed by atoms with Crippen LogP contribution in [0.15, 0.2) is 60.7 Å². The fraction of sp³-hybridized carbons (Fsp3) is 0.143. The largest absolute Gasteiger partial charge is 0.493 e. The number of nitriles is 1. The molecular weight excluding hydrogens is 344 g/mol. The molecule has 0 fully saturated rings. The maximum absolute atomic E-state index is 9.16. The minimum atomic E-state index is 0.0566. The van der Waals surface area contributed by atoms with Crippen molar-refractivity contribution >= 4 is 23.3 Å². The molecule has 2 aromatic carbocycles. The monoisotopic (exact) mass is 364 g/mol. The summed E-state index contributed by atoms with van der Waals surface area (Å²) in [6, 6.07) is 15.6. The van der Waals surface area contributed by atoms with E-state index < -0.39 is 0 Å². The second-order valence-electron chi connectivity index (χ2n) is 5.51. The van der Waals surface area contributed by atoms with Gasteiger partial charge in [-0.05, 0) is 35.8 Å². The van der Waals surface area contributed by atoms with E-state index >= 15 is 0 Å². The zero-order valence-electron chi connectivity index (χ0n) is 14.6. The summed E-state index contributed by atoms with van der Waals surface area (Å²) in [6.45, 7) is 4.22. The highest BCUT2D eigenvalue weighted by molar-refractivity contribution is 7.80. The van der Waals surface area contributed by atoms with Gasteiger partial charge in [0, 0.05) is 5.56 Å². The van der Waals surface area contributed by atoms with Gasteiger partial charge in [0.05, 0.1) is 12.7 Å². The van der Waals surface area contributed by atoms with Gasteiger partial charge in [0.25, 0.3) is 0 Å². The Balaban J connectivity index is 2.42. The lowest BCUT2D eigenvalue weighted by atomic mass is 10.0. The molecule has 0 saturated carbocycles. The van der Waals surface area contributed by atoms with Gasteiger partial charge in [0.15, 0.2) is 11.5 Å². The maximum Gasteiger partial charge on any atom is 0.165 e. The number of thiocarbonyl (C=S) groups is 1. The number of methoxy groups -OCH3 is 1. The van der Waals surface area contributed by atoms with Gasteiger partial charge in [-0.15, -0.1) is 6.58 Å². The summed E-state index contributed by atoms with van der Waals surface area (Å²) >= 11 is 4.90. The third-order valence-electron chi connectivity index (χ3n) is 3.66. The van der Waals surface area contributed by atoms with E-state index in [0.717, 1.165) is 16.7 Å². The Morgan fingerprint density at radius 1 is 1.31 bits per heavy atom. The van der Waals surface area contributed by atoms with Gasteiger partial charge in [-0.2, -0.15) is 5.26 Å². The van der Waals surface area contributed by atoms with Crippen molar-refractivity contribution in [2.45, 2.75) is 13.0 Å². The molecule has 0 atom stereocenters. The van der Waals surface area contributed by atoms with Gasteiger partial charge < -0.3 is 15.2 Å². The summed E-state index contributed by atoms with van der Waals surface area (Å²) in [7, 11) is 1.58. The van der Waals surface area contributed by atoms with Crippen LogP contribution in [0.4, 0.5) is 0 Å². The zero-order chi connectivity index (χ0) is 18.9. The highest BCUT2D eigenvalue weighted by Gasteiger charge is 2.13. The topological polar surface area (TPSA) is 68.3 Å². The summed E-state index contributed by atoms with van der Waals surface area (Å²) in [4.78, 5) is 0.0566. The van der Waals surface area contributed by atoms with Gasteiger partial charge in [0.2, 0.25) is 0 Å². The fourth-order valence-corrected chi connectivity index (χ4v) is 2.55. The number of benzene rings is 2. The number of rotatable bonds is 8. The molecule has 4 nitrogen and oxygen atoms in total. The second-order valence-corrected chi connectivity index (χ2v) is 5.95. The van der Waals surface area contributed by atoms with E-state index in [1.165, 1.54) is 0 Å². The molecule has 0 spiro atoms. The number of nitrogens with zero attached hydrogens (tertiary/aromatic N) is 1. The van der Waals surface area contributed by atoms with Crippen LogP contribution in [0.2, 0.25) is 0 Å². The van der Waals surface area contributed by atoms with Crippen molar-refractivity contribution < 1.29 is 9.47 Å². The Bertz CT molecular complexity index is 868. The highest BCUT2D eigenvalue weighted by Crippen LogP contribution is 2.35. The summed E-state index contributed by atoms with van der Waals surface area (Å²) in [5, 5.41) is 9.16. The summed E-state index contributed by atoms with van der Waals surface area (Å²) in [5.74, 6) is 1.23. The van der Waals surface area contributed by atoms with Gasteiger partial charge in [-0.1, -0.05) is 48.6 Å². The van der Waals surface area contributed by atoms with Crippen LogP contribution in [0.3, 0.4) is 0 Å². The third-order valence-corrected chi connectivity index (χ3v) is 3.88. The minimum absolute atomic E-state index is 0.0566. The molecule has 0 aliphatic carbocycles.